The van der Waals surface area contributed by atoms with Crippen molar-refractivity contribution in [3.05, 3.63) is 0 Å². The third kappa shape index (κ3) is 1.36. The second kappa shape index (κ2) is 4.77. The predicted molar refractivity (Wildman–Crippen MR) is 63.0 cm³/mol. The van der Waals surface area contributed by atoms with Gasteiger partial charge in [-0.15, -0.1) is 0 Å². The highest BCUT2D eigenvalue weighted by Gasteiger charge is 2.86. The third-order valence-corrected chi connectivity index (χ3v) is 4.45. The molecule has 0 aromatic carbocycles. The molecule has 0 radical (unpaired) electrons. The van der Waals surface area contributed by atoms with E-state index < -0.39 is 46.5 Å². The Hall–Kier alpha value is -2.12. The molecule has 0 aromatic heterocycles. The Balaban J connectivity index is 3.74. The maximum absolute atomic E-state index is 11.5. The number of hydrogen-bond acceptors (Lipinski definition) is 4. The van der Waals surface area contributed by atoms with E-state index in [-0.39, 0.29) is 12.8 Å². The van der Waals surface area contributed by atoms with E-state index in [2.05, 4.69) is 0 Å². The molecule has 0 aliphatic heterocycles. The first-order valence-electron chi connectivity index (χ1n) is 6.10. The van der Waals surface area contributed by atoms with E-state index >= 15 is 0 Å². The summed E-state index contributed by atoms with van der Waals surface area (Å²) in [6.07, 6.45) is 0.138. The fourth-order valence-corrected chi connectivity index (χ4v) is 3.77. The summed E-state index contributed by atoms with van der Waals surface area (Å²) < 4.78 is 0. The van der Waals surface area contributed by atoms with Gasteiger partial charge in [0.1, 0.15) is 0 Å². The molecule has 20 heavy (non-hydrogen) atoms. The molecule has 1 aliphatic carbocycles. The zero-order valence-corrected chi connectivity index (χ0v) is 11.0. The second-order valence-corrected chi connectivity index (χ2v) is 4.87. The highest BCUT2D eigenvalue weighted by atomic mass is 16.4. The van der Waals surface area contributed by atoms with Gasteiger partial charge >= 0.3 is 23.9 Å². The van der Waals surface area contributed by atoms with Crippen LogP contribution in [0.4, 0.5) is 0 Å². The normalized spacial score (nSPS) is 26.3. The molecule has 112 valence electrons. The number of hydrogen-bond donors (Lipinski definition) is 4. The second-order valence-electron chi connectivity index (χ2n) is 4.87. The van der Waals surface area contributed by atoms with Gasteiger partial charge in [0.25, 0.3) is 0 Å². The molecule has 0 saturated heterocycles. The molecule has 1 fully saturated rings. The summed E-state index contributed by atoms with van der Waals surface area (Å²) in [7, 11) is 0. The van der Waals surface area contributed by atoms with E-state index in [0.29, 0.717) is 0 Å². The Morgan fingerprint density at radius 3 is 1.00 bits per heavy atom. The lowest BCUT2D eigenvalue weighted by Gasteiger charge is -2.59. The quantitative estimate of drug-likeness (QED) is 0.512. The molecular formula is C12H16O8. The van der Waals surface area contributed by atoms with Crippen molar-refractivity contribution in [2.45, 2.75) is 26.7 Å². The molecule has 1 saturated carbocycles. The van der Waals surface area contributed by atoms with Crippen molar-refractivity contribution in [1.29, 1.82) is 0 Å². The Bertz CT molecular complexity index is 408. The Morgan fingerprint density at radius 1 is 0.700 bits per heavy atom. The van der Waals surface area contributed by atoms with Crippen molar-refractivity contribution in [3.63, 3.8) is 0 Å². The smallest absolute Gasteiger partial charge is 0.323 e. The molecule has 0 aromatic rings. The minimum absolute atomic E-state index is 0.0689. The summed E-state index contributed by atoms with van der Waals surface area (Å²) in [4.78, 5) is 46.0. The summed E-state index contributed by atoms with van der Waals surface area (Å²) in [5.41, 5.74) is -5.69. The zero-order valence-electron chi connectivity index (χ0n) is 11.0. The van der Waals surface area contributed by atoms with E-state index in [1.54, 1.807) is 0 Å². The molecule has 1 aliphatic rings. The van der Waals surface area contributed by atoms with Gasteiger partial charge < -0.3 is 20.4 Å². The minimum atomic E-state index is -2.85. The SMILES string of the molecule is CCC1C(CC)C(C(=O)O)(C(=O)O)C1(C(=O)O)C(=O)O. The van der Waals surface area contributed by atoms with Gasteiger partial charge in [0, 0.05) is 0 Å². The van der Waals surface area contributed by atoms with E-state index in [9.17, 15) is 39.6 Å². The first-order valence-corrected chi connectivity index (χ1v) is 6.10. The molecule has 2 unspecified atom stereocenters. The van der Waals surface area contributed by atoms with Crippen molar-refractivity contribution < 1.29 is 39.6 Å². The summed E-state index contributed by atoms with van der Waals surface area (Å²) in [5, 5.41) is 37.2. The fourth-order valence-electron chi connectivity index (χ4n) is 3.77. The van der Waals surface area contributed by atoms with Crippen molar-refractivity contribution in [1.82, 2.24) is 0 Å². The van der Waals surface area contributed by atoms with E-state index in [4.69, 9.17) is 0 Å². The highest BCUT2D eigenvalue weighted by Crippen LogP contribution is 2.67. The van der Waals surface area contributed by atoms with Crippen LogP contribution in [0.2, 0.25) is 0 Å². The molecule has 8 nitrogen and oxygen atoms in total. The predicted octanol–water partition coefficient (Wildman–Crippen LogP) is 0.364. The summed E-state index contributed by atoms with van der Waals surface area (Å²) in [6.45, 7) is 3.03. The van der Waals surface area contributed by atoms with Gasteiger partial charge in [-0.1, -0.05) is 26.7 Å². The lowest BCUT2D eigenvalue weighted by Crippen LogP contribution is -2.77. The average molecular weight is 288 g/mol. The van der Waals surface area contributed by atoms with Crippen LogP contribution in [-0.2, 0) is 19.2 Å². The number of carboxylic acids is 4. The van der Waals surface area contributed by atoms with E-state index in [1.165, 1.54) is 13.8 Å². The van der Waals surface area contributed by atoms with Crippen LogP contribution >= 0.6 is 0 Å². The van der Waals surface area contributed by atoms with Crippen LogP contribution < -0.4 is 0 Å². The number of carbonyl (C=O) groups is 4. The molecule has 0 spiro atoms. The first-order chi connectivity index (χ1) is 9.16. The molecule has 2 atom stereocenters. The third-order valence-electron chi connectivity index (χ3n) is 4.45. The molecule has 8 heteroatoms. The van der Waals surface area contributed by atoms with Crippen LogP contribution in [0.15, 0.2) is 0 Å². The van der Waals surface area contributed by atoms with Gasteiger partial charge in [-0.05, 0) is 11.8 Å². The molecule has 0 bridgehead atoms. The van der Waals surface area contributed by atoms with Gasteiger partial charge in [0.2, 0.25) is 0 Å². The van der Waals surface area contributed by atoms with Gasteiger partial charge in [-0.25, -0.2) is 0 Å². The zero-order chi connectivity index (χ0) is 15.9. The van der Waals surface area contributed by atoms with Crippen molar-refractivity contribution >= 4 is 23.9 Å². The van der Waals surface area contributed by atoms with Crippen LogP contribution in [0.5, 0.6) is 0 Å². The van der Waals surface area contributed by atoms with Crippen LogP contribution in [0.3, 0.4) is 0 Å². The Labute approximate surface area is 114 Å². The van der Waals surface area contributed by atoms with Crippen LogP contribution in [0, 0.1) is 22.7 Å². The largest absolute Gasteiger partial charge is 0.480 e. The molecule has 0 heterocycles. The molecule has 4 N–H and O–H groups in total. The average Bonchev–Trinajstić information content (AvgIpc) is 2.26. The van der Waals surface area contributed by atoms with Crippen LogP contribution in [-0.4, -0.2) is 44.3 Å². The minimum Gasteiger partial charge on any atom is -0.480 e. The fraction of sp³-hybridized carbons (Fsp3) is 0.667. The van der Waals surface area contributed by atoms with Crippen molar-refractivity contribution in [3.8, 4) is 0 Å². The summed E-state index contributed by atoms with van der Waals surface area (Å²) >= 11 is 0. The monoisotopic (exact) mass is 288 g/mol. The van der Waals surface area contributed by atoms with Gasteiger partial charge in [0.05, 0.1) is 0 Å². The van der Waals surface area contributed by atoms with Gasteiger partial charge in [0.15, 0.2) is 10.8 Å². The first kappa shape index (κ1) is 15.9. The summed E-state index contributed by atoms with van der Waals surface area (Å²) in [5.74, 6) is -9.79. The van der Waals surface area contributed by atoms with Crippen LogP contribution in [0.25, 0.3) is 0 Å². The van der Waals surface area contributed by atoms with Gasteiger partial charge in [-0.3, -0.25) is 19.2 Å². The maximum Gasteiger partial charge on any atom is 0.323 e. The molecule has 0 amide bonds. The number of rotatable bonds is 6. The maximum atomic E-state index is 11.5. The van der Waals surface area contributed by atoms with Crippen LogP contribution in [0.1, 0.15) is 26.7 Å². The lowest BCUT2D eigenvalue weighted by atomic mass is 9.36. The topological polar surface area (TPSA) is 149 Å². The Kier molecular flexibility index (Phi) is 3.80. The molecule has 1 rings (SSSR count). The van der Waals surface area contributed by atoms with Crippen molar-refractivity contribution in [2.24, 2.45) is 22.7 Å². The van der Waals surface area contributed by atoms with Gasteiger partial charge in [-0.2, -0.15) is 0 Å². The lowest BCUT2D eigenvalue weighted by molar-refractivity contribution is -0.244. The number of aliphatic carboxylic acids is 4. The van der Waals surface area contributed by atoms with E-state index in [1.807, 2.05) is 0 Å². The molecular weight excluding hydrogens is 272 g/mol. The highest BCUT2D eigenvalue weighted by molar-refractivity contribution is 6.15. The van der Waals surface area contributed by atoms with E-state index in [0.717, 1.165) is 0 Å². The summed E-state index contributed by atoms with van der Waals surface area (Å²) in [6, 6.07) is 0. The number of carboxylic acid groups (broad SMARTS) is 4. The van der Waals surface area contributed by atoms with Crippen molar-refractivity contribution in [2.75, 3.05) is 0 Å². The Morgan fingerprint density at radius 2 is 0.900 bits per heavy atom. The standard InChI is InChI=1S/C12H16O8/c1-3-5-6(4-2)12(9(17)18,10(19)20)11(5,7(13)14)8(15)16/h5-6H,3-4H2,1-2H3,(H,13,14)(H,15,16)(H,17,18)(H,19,20).